The van der Waals surface area contributed by atoms with Gasteiger partial charge in [-0.25, -0.2) is 0 Å². The molecule has 82 valence electrons. The Morgan fingerprint density at radius 3 is 2.93 bits per heavy atom. The Morgan fingerprint density at radius 1 is 1.53 bits per heavy atom. The second kappa shape index (κ2) is 3.02. The van der Waals surface area contributed by atoms with Gasteiger partial charge in [-0.05, 0) is 19.3 Å². The number of nitrogens with one attached hydrogen (secondary N) is 1. The van der Waals surface area contributed by atoms with Crippen LogP contribution in [0.25, 0.3) is 0 Å². The summed E-state index contributed by atoms with van der Waals surface area (Å²) in [5.41, 5.74) is 0.152. The Kier molecular flexibility index (Phi) is 1.87. The molecule has 3 rings (SSSR count). The molecule has 0 bridgehead atoms. The maximum atomic E-state index is 9.39. The summed E-state index contributed by atoms with van der Waals surface area (Å²) in [7, 11) is 0. The van der Waals surface area contributed by atoms with Crippen LogP contribution in [-0.2, 0) is 5.41 Å². The molecule has 2 N–H and O–H groups in total. The predicted octanol–water partition coefficient (Wildman–Crippen LogP) is 0.516. The third-order valence-corrected chi connectivity index (χ3v) is 3.39. The first kappa shape index (κ1) is 9.30. The van der Waals surface area contributed by atoms with Crippen molar-refractivity contribution in [1.29, 1.82) is 0 Å². The van der Waals surface area contributed by atoms with E-state index in [4.69, 9.17) is 4.52 Å². The zero-order valence-electron chi connectivity index (χ0n) is 8.73. The lowest BCUT2D eigenvalue weighted by molar-refractivity contribution is 0.191. The Labute approximate surface area is 87.9 Å². The number of hydrogen-bond acceptors (Lipinski definition) is 5. The molecule has 2 atom stereocenters. The molecule has 2 heterocycles. The van der Waals surface area contributed by atoms with Crippen LogP contribution in [0.2, 0.25) is 0 Å². The second-order valence-electron chi connectivity index (χ2n) is 4.87. The first-order valence-electron chi connectivity index (χ1n) is 5.43. The van der Waals surface area contributed by atoms with E-state index in [9.17, 15) is 5.11 Å². The molecule has 1 aromatic rings. The van der Waals surface area contributed by atoms with Gasteiger partial charge in [0, 0.05) is 12.0 Å². The van der Waals surface area contributed by atoms with Gasteiger partial charge in [0.25, 0.3) is 0 Å². The van der Waals surface area contributed by atoms with Gasteiger partial charge in [0.05, 0.1) is 12.1 Å². The smallest absolute Gasteiger partial charge is 0.243 e. The van der Waals surface area contributed by atoms with E-state index in [1.54, 1.807) is 0 Å². The fraction of sp³-hybridized carbons (Fsp3) is 0.800. The molecule has 0 radical (unpaired) electrons. The standard InChI is InChI=1S/C10H15N3O2/c1-10(2-3-10)9-12-8(15-13-9)7-4-6(14)5-11-7/h6-7,11,14H,2-5H2,1H3/t6-,7-/m0/s1. The van der Waals surface area contributed by atoms with Crippen LogP contribution in [0.4, 0.5) is 0 Å². The van der Waals surface area contributed by atoms with Crippen molar-refractivity contribution in [1.82, 2.24) is 15.5 Å². The van der Waals surface area contributed by atoms with E-state index in [1.165, 1.54) is 0 Å². The predicted molar refractivity (Wildman–Crippen MR) is 52.3 cm³/mol. The molecule has 15 heavy (non-hydrogen) atoms. The molecule has 0 unspecified atom stereocenters. The highest BCUT2D eigenvalue weighted by atomic mass is 16.5. The molecular weight excluding hydrogens is 194 g/mol. The summed E-state index contributed by atoms with van der Waals surface area (Å²) in [5.74, 6) is 1.44. The van der Waals surface area contributed by atoms with Gasteiger partial charge in [-0.3, -0.25) is 0 Å². The molecule has 2 fully saturated rings. The van der Waals surface area contributed by atoms with Gasteiger partial charge >= 0.3 is 0 Å². The van der Waals surface area contributed by atoms with Gasteiger partial charge in [0.1, 0.15) is 0 Å². The molecule has 2 aliphatic rings. The lowest BCUT2D eigenvalue weighted by Gasteiger charge is -2.02. The van der Waals surface area contributed by atoms with Gasteiger partial charge in [0.2, 0.25) is 5.89 Å². The van der Waals surface area contributed by atoms with Gasteiger partial charge in [-0.2, -0.15) is 4.98 Å². The molecule has 1 saturated carbocycles. The van der Waals surface area contributed by atoms with Gasteiger partial charge in [-0.15, -0.1) is 0 Å². The van der Waals surface area contributed by atoms with Gasteiger partial charge in [-0.1, -0.05) is 12.1 Å². The summed E-state index contributed by atoms with van der Waals surface area (Å²) in [6, 6.07) is 0.0311. The summed E-state index contributed by atoms with van der Waals surface area (Å²) >= 11 is 0. The molecule has 0 spiro atoms. The average molecular weight is 209 g/mol. The Hall–Kier alpha value is -0.940. The third-order valence-electron chi connectivity index (χ3n) is 3.39. The van der Waals surface area contributed by atoms with Gasteiger partial charge in [0.15, 0.2) is 5.82 Å². The van der Waals surface area contributed by atoms with Crippen molar-refractivity contribution in [2.45, 2.75) is 43.7 Å². The quantitative estimate of drug-likeness (QED) is 0.743. The summed E-state index contributed by atoms with van der Waals surface area (Å²) in [4.78, 5) is 4.41. The lowest BCUT2D eigenvalue weighted by atomic mass is 10.1. The van der Waals surface area contributed by atoms with Crippen molar-refractivity contribution in [3.8, 4) is 0 Å². The van der Waals surface area contributed by atoms with Crippen LogP contribution in [0, 0.1) is 0 Å². The average Bonchev–Trinajstić information content (AvgIpc) is 2.72. The van der Waals surface area contributed by atoms with E-state index < -0.39 is 0 Å². The minimum Gasteiger partial charge on any atom is -0.392 e. The number of β-amino-alcohol motifs (C(OH)–C–C–N with tert-alkyl or cyclic N) is 1. The molecule has 0 aromatic carbocycles. The van der Waals surface area contributed by atoms with Crippen LogP contribution in [0.5, 0.6) is 0 Å². The highest BCUT2D eigenvalue weighted by Crippen LogP contribution is 2.46. The summed E-state index contributed by atoms with van der Waals surface area (Å²) in [6.45, 7) is 2.76. The number of aliphatic hydroxyl groups is 1. The van der Waals surface area contributed by atoms with E-state index in [1.807, 2.05) is 0 Å². The summed E-state index contributed by atoms with van der Waals surface area (Å²) in [5, 5.41) is 16.6. The van der Waals surface area contributed by atoms with E-state index in [2.05, 4.69) is 22.4 Å². The molecular formula is C10H15N3O2. The topological polar surface area (TPSA) is 71.2 Å². The first-order chi connectivity index (χ1) is 7.17. The van der Waals surface area contributed by atoms with E-state index >= 15 is 0 Å². The van der Waals surface area contributed by atoms with E-state index in [-0.39, 0.29) is 17.6 Å². The Balaban J connectivity index is 1.79. The Morgan fingerprint density at radius 2 is 2.33 bits per heavy atom. The normalized spacial score (nSPS) is 33.2. The highest BCUT2D eigenvalue weighted by molar-refractivity contribution is 5.15. The molecule has 1 aromatic heterocycles. The SMILES string of the molecule is CC1(c2noc([C@@H]3C[C@H](O)CN3)n2)CC1. The highest BCUT2D eigenvalue weighted by Gasteiger charge is 2.44. The van der Waals surface area contributed by atoms with Crippen molar-refractivity contribution in [3.63, 3.8) is 0 Å². The van der Waals surface area contributed by atoms with Gasteiger partial charge < -0.3 is 14.9 Å². The Bertz CT molecular complexity index is 372. The maximum absolute atomic E-state index is 9.39. The van der Waals surface area contributed by atoms with E-state index in [0.717, 1.165) is 18.7 Å². The summed E-state index contributed by atoms with van der Waals surface area (Å²) in [6.07, 6.45) is 2.67. The lowest BCUT2D eigenvalue weighted by Crippen LogP contribution is -2.15. The van der Waals surface area contributed by atoms with Crippen LogP contribution in [0.1, 0.15) is 43.9 Å². The third kappa shape index (κ3) is 1.55. The van der Waals surface area contributed by atoms with Crippen molar-refractivity contribution in [2.75, 3.05) is 6.54 Å². The zero-order valence-corrected chi connectivity index (χ0v) is 8.73. The molecule has 5 nitrogen and oxygen atoms in total. The van der Waals surface area contributed by atoms with Crippen molar-refractivity contribution >= 4 is 0 Å². The fourth-order valence-corrected chi connectivity index (χ4v) is 1.94. The fourth-order valence-electron chi connectivity index (χ4n) is 1.94. The van der Waals surface area contributed by atoms with Crippen molar-refractivity contribution < 1.29 is 9.63 Å². The minimum absolute atomic E-state index is 0.0311. The summed E-state index contributed by atoms with van der Waals surface area (Å²) < 4.78 is 5.23. The second-order valence-corrected chi connectivity index (χ2v) is 4.87. The zero-order chi connectivity index (χ0) is 10.5. The number of rotatable bonds is 2. The van der Waals surface area contributed by atoms with Crippen molar-refractivity contribution in [3.05, 3.63) is 11.7 Å². The number of aromatic nitrogens is 2. The van der Waals surface area contributed by atoms with Crippen LogP contribution in [0.3, 0.4) is 0 Å². The molecule has 0 amide bonds. The molecule has 1 aliphatic carbocycles. The molecule has 1 saturated heterocycles. The van der Waals surface area contributed by atoms with Crippen LogP contribution < -0.4 is 5.32 Å². The van der Waals surface area contributed by atoms with E-state index in [0.29, 0.717) is 18.9 Å². The first-order valence-corrected chi connectivity index (χ1v) is 5.43. The van der Waals surface area contributed by atoms with Crippen LogP contribution >= 0.6 is 0 Å². The molecule has 1 aliphatic heterocycles. The van der Waals surface area contributed by atoms with Crippen LogP contribution in [0.15, 0.2) is 4.52 Å². The molecule has 5 heteroatoms. The van der Waals surface area contributed by atoms with Crippen LogP contribution in [-0.4, -0.2) is 27.9 Å². The van der Waals surface area contributed by atoms with Crippen molar-refractivity contribution in [2.24, 2.45) is 0 Å². The number of nitrogens with zero attached hydrogens (tertiary/aromatic N) is 2. The minimum atomic E-state index is -0.290. The number of aliphatic hydroxyl groups excluding tert-OH is 1. The largest absolute Gasteiger partial charge is 0.392 e. The maximum Gasteiger partial charge on any atom is 0.243 e. The number of hydrogen-bond donors (Lipinski definition) is 2. The monoisotopic (exact) mass is 209 g/mol.